The molecular weight excluding hydrogens is 372 g/mol. The van der Waals surface area contributed by atoms with Crippen molar-refractivity contribution in [3.05, 3.63) is 59.2 Å². The van der Waals surface area contributed by atoms with Crippen LogP contribution in [0.5, 0.6) is 0 Å². The average Bonchev–Trinajstić information content (AvgIpc) is 3.36. The Balaban J connectivity index is 1.73. The lowest BCUT2D eigenvalue weighted by Crippen LogP contribution is -2.34. The molecule has 0 aliphatic carbocycles. The van der Waals surface area contributed by atoms with Gasteiger partial charge in [-0.25, -0.2) is 4.98 Å². The molecule has 4 aromatic rings. The minimum atomic E-state index is -0.149. The minimum Gasteiger partial charge on any atom is -0.281 e. The molecule has 0 saturated carbocycles. The van der Waals surface area contributed by atoms with Gasteiger partial charge in [-0.1, -0.05) is 17.4 Å². The van der Waals surface area contributed by atoms with Crippen molar-refractivity contribution in [2.24, 2.45) is 7.05 Å². The molecule has 8 heteroatoms. The summed E-state index contributed by atoms with van der Waals surface area (Å²) in [5, 5.41) is 9.29. The second-order valence-electron chi connectivity index (χ2n) is 6.95. The van der Waals surface area contributed by atoms with Crippen LogP contribution in [0.3, 0.4) is 0 Å². The van der Waals surface area contributed by atoms with E-state index in [1.54, 1.807) is 15.8 Å². The number of aryl methyl sites for hydroxylation is 4. The molecule has 0 bridgehead atoms. The standard InChI is InChI=1S/C20H22N6OS/c1-13-10-14(2)18-17(11-13)28-20(22-18)26(9-8-25-7-5-6-21-25)19(27)16-12-15(3)24(4)23-16/h5-7,10-12H,8-9H2,1-4H3. The van der Waals surface area contributed by atoms with Crippen LogP contribution in [0.15, 0.2) is 36.7 Å². The molecule has 3 aromatic heterocycles. The summed E-state index contributed by atoms with van der Waals surface area (Å²) in [6, 6.07) is 7.92. The summed E-state index contributed by atoms with van der Waals surface area (Å²) in [6.07, 6.45) is 3.62. The van der Waals surface area contributed by atoms with Gasteiger partial charge in [-0.3, -0.25) is 19.1 Å². The number of benzene rings is 1. The number of nitrogens with zero attached hydrogens (tertiary/aromatic N) is 6. The third-order valence-electron chi connectivity index (χ3n) is 4.74. The van der Waals surface area contributed by atoms with E-state index in [0.29, 0.717) is 23.9 Å². The first-order valence-corrected chi connectivity index (χ1v) is 9.92. The Hall–Kier alpha value is -3.00. The monoisotopic (exact) mass is 394 g/mol. The van der Waals surface area contributed by atoms with Gasteiger partial charge >= 0.3 is 0 Å². The summed E-state index contributed by atoms with van der Waals surface area (Å²) in [5.74, 6) is -0.149. The Morgan fingerprint density at radius 3 is 2.71 bits per heavy atom. The van der Waals surface area contributed by atoms with Gasteiger partial charge in [0.25, 0.3) is 5.91 Å². The fourth-order valence-corrected chi connectivity index (χ4v) is 4.36. The number of hydrogen-bond acceptors (Lipinski definition) is 5. The van der Waals surface area contributed by atoms with E-state index in [0.717, 1.165) is 21.5 Å². The molecule has 0 aliphatic rings. The summed E-state index contributed by atoms with van der Waals surface area (Å²) < 4.78 is 4.61. The third-order valence-corrected chi connectivity index (χ3v) is 5.76. The van der Waals surface area contributed by atoms with Crippen molar-refractivity contribution in [2.75, 3.05) is 11.4 Å². The molecule has 0 spiro atoms. The van der Waals surface area contributed by atoms with Crippen molar-refractivity contribution in [3.8, 4) is 0 Å². The Bertz CT molecular complexity index is 1120. The zero-order valence-electron chi connectivity index (χ0n) is 16.4. The number of fused-ring (bicyclic) bond motifs is 1. The summed E-state index contributed by atoms with van der Waals surface area (Å²) in [7, 11) is 1.84. The second kappa shape index (κ2) is 7.20. The number of rotatable bonds is 5. The number of hydrogen-bond donors (Lipinski definition) is 0. The van der Waals surface area contributed by atoms with E-state index in [9.17, 15) is 4.79 Å². The molecule has 0 unspecified atom stereocenters. The maximum atomic E-state index is 13.3. The van der Waals surface area contributed by atoms with Crippen LogP contribution in [0.4, 0.5) is 5.13 Å². The van der Waals surface area contributed by atoms with Crippen molar-refractivity contribution >= 4 is 32.6 Å². The van der Waals surface area contributed by atoms with E-state index >= 15 is 0 Å². The van der Waals surface area contributed by atoms with E-state index in [1.165, 1.54) is 16.9 Å². The summed E-state index contributed by atoms with van der Waals surface area (Å²) >= 11 is 1.53. The molecule has 7 nitrogen and oxygen atoms in total. The minimum absolute atomic E-state index is 0.149. The number of carbonyl (C=O) groups excluding carboxylic acids is 1. The number of carbonyl (C=O) groups is 1. The fraction of sp³-hybridized carbons (Fsp3) is 0.300. The van der Waals surface area contributed by atoms with Crippen LogP contribution in [-0.4, -0.2) is 37.0 Å². The van der Waals surface area contributed by atoms with Gasteiger partial charge in [0.1, 0.15) is 0 Å². The molecule has 0 N–H and O–H groups in total. The maximum Gasteiger partial charge on any atom is 0.280 e. The van der Waals surface area contributed by atoms with Gasteiger partial charge in [-0.05, 0) is 50.1 Å². The third kappa shape index (κ3) is 3.43. The molecule has 0 fully saturated rings. The van der Waals surface area contributed by atoms with Crippen LogP contribution in [-0.2, 0) is 13.6 Å². The van der Waals surface area contributed by atoms with Crippen molar-refractivity contribution in [2.45, 2.75) is 27.3 Å². The Kier molecular flexibility index (Phi) is 4.72. The lowest BCUT2D eigenvalue weighted by atomic mass is 10.1. The smallest absolute Gasteiger partial charge is 0.280 e. The first kappa shape index (κ1) is 18.4. The van der Waals surface area contributed by atoms with E-state index in [1.807, 2.05) is 37.0 Å². The van der Waals surface area contributed by atoms with Gasteiger partial charge in [0.2, 0.25) is 0 Å². The highest BCUT2D eigenvalue weighted by atomic mass is 32.1. The SMILES string of the molecule is Cc1cc(C)c2nc(N(CCn3cccn3)C(=O)c3cc(C)n(C)n3)sc2c1. The first-order chi connectivity index (χ1) is 13.4. The predicted molar refractivity (Wildman–Crippen MR) is 111 cm³/mol. The van der Waals surface area contributed by atoms with Crippen molar-refractivity contribution < 1.29 is 4.79 Å². The number of aromatic nitrogens is 5. The molecule has 0 radical (unpaired) electrons. The number of amides is 1. The first-order valence-electron chi connectivity index (χ1n) is 9.10. The highest BCUT2D eigenvalue weighted by Gasteiger charge is 2.24. The Morgan fingerprint density at radius 2 is 2.04 bits per heavy atom. The van der Waals surface area contributed by atoms with Crippen LogP contribution in [0.25, 0.3) is 10.2 Å². The lowest BCUT2D eigenvalue weighted by Gasteiger charge is -2.18. The number of thiazole rings is 1. The van der Waals surface area contributed by atoms with Gasteiger partial charge < -0.3 is 0 Å². The molecule has 1 aromatic carbocycles. The molecule has 1 amide bonds. The van der Waals surface area contributed by atoms with Crippen molar-refractivity contribution in [1.29, 1.82) is 0 Å². The quantitative estimate of drug-likeness (QED) is 0.520. The van der Waals surface area contributed by atoms with E-state index in [-0.39, 0.29) is 5.91 Å². The van der Waals surface area contributed by atoms with Crippen LogP contribution in [0.1, 0.15) is 27.3 Å². The van der Waals surface area contributed by atoms with Crippen LogP contribution in [0.2, 0.25) is 0 Å². The molecule has 144 valence electrons. The molecule has 0 atom stereocenters. The van der Waals surface area contributed by atoms with Gasteiger partial charge in [0.15, 0.2) is 10.8 Å². The van der Waals surface area contributed by atoms with Crippen LogP contribution >= 0.6 is 11.3 Å². The van der Waals surface area contributed by atoms with Gasteiger partial charge in [-0.15, -0.1) is 0 Å². The predicted octanol–water partition coefficient (Wildman–Crippen LogP) is 3.50. The molecular formula is C20H22N6OS. The Morgan fingerprint density at radius 1 is 1.21 bits per heavy atom. The summed E-state index contributed by atoms with van der Waals surface area (Å²) in [5.41, 5.74) is 4.61. The van der Waals surface area contributed by atoms with Crippen LogP contribution in [0, 0.1) is 20.8 Å². The highest BCUT2D eigenvalue weighted by Crippen LogP contribution is 2.32. The largest absolute Gasteiger partial charge is 0.281 e. The zero-order valence-corrected chi connectivity index (χ0v) is 17.2. The van der Waals surface area contributed by atoms with Gasteiger partial charge in [-0.2, -0.15) is 10.2 Å². The van der Waals surface area contributed by atoms with Crippen molar-refractivity contribution in [1.82, 2.24) is 24.5 Å². The molecule has 28 heavy (non-hydrogen) atoms. The topological polar surface area (TPSA) is 68.8 Å². The van der Waals surface area contributed by atoms with E-state index in [4.69, 9.17) is 4.98 Å². The lowest BCUT2D eigenvalue weighted by molar-refractivity contribution is 0.0980. The average molecular weight is 395 g/mol. The second-order valence-corrected chi connectivity index (χ2v) is 7.95. The van der Waals surface area contributed by atoms with Crippen molar-refractivity contribution in [3.63, 3.8) is 0 Å². The normalized spacial score (nSPS) is 11.3. The van der Waals surface area contributed by atoms with E-state index in [2.05, 4.69) is 36.2 Å². The molecule has 3 heterocycles. The molecule has 0 aliphatic heterocycles. The highest BCUT2D eigenvalue weighted by molar-refractivity contribution is 7.22. The Labute approximate surface area is 167 Å². The maximum absolute atomic E-state index is 13.3. The zero-order chi connectivity index (χ0) is 19.8. The summed E-state index contributed by atoms with van der Waals surface area (Å²) in [4.78, 5) is 19.8. The van der Waals surface area contributed by atoms with Gasteiger partial charge in [0, 0.05) is 31.7 Å². The van der Waals surface area contributed by atoms with E-state index < -0.39 is 0 Å². The fourth-order valence-electron chi connectivity index (χ4n) is 3.20. The summed E-state index contributed by atoms with van der Waals surface area (Å²) in [6.45, 7) is 7.11. The van der Waals surface area contributed by atoms with Crippen LogP contribution < -0.4 is 4.90 Å². The number of anilines is 1. The molecule has 4 rings (SSSR count). The van der Waals surface area contributed by atoms with Gasteiger partial charge in [0.05, 0.1) is 16.8 Å². The molecule has 0 saturated heterocycles.